The highest BCUT2D eigenvalue weighted by atomic mass is 16.5. The van der Waals surface area contributed by atoms with Gasteiger partial charge in [0.05, 0.1) is 12.5 Å². The number of para-hydroxylation sites is 1. The van der Waals surface area contributed by atoms with Crippen molar-refractivity contribution < 1.29 is 4.74 Å². The molecule has 140 valence electrons. The highest BCUT2D eigenvalue weighted by Gasteiger charge is 2.14. The number of H-pyrrole nitrogens is 1. The van der Waals surface area contributed by atoms with Crippen LogP contribution in [-0.4, -0.2) is 28.6 Å². The number of nitrogens with zero attached hydrogens (tertiary/aromatic N) is 2. The summed E-state index contributed by atoms with van der Waals surface area (Å²) in [5.41, 5.74) is 2.95. The average Bonchev–Trinajstić information content (AvgIpc) is 2.74. The number of nitrogens with one attached hydrogen (secondary N) is 2. The predicted molar refractivity (Wildman–Crippen MR) is 111 cm³/mol. The van der Waals surface area contributed by atoms with E-state index in [-0.39, 0.29) is 5.56 Å². The van der Waals surface area contributed by atoms with Crippen LogP contribution in [-0.2, 0) is 6.42 Å². The maximum Gasteiger partial charge on any atom is 0.262 e. The molecule has 0 unspecified atom stereocenters. The van der Waals surface area contributed by atoms with Gasteiger partial charge in [0.1, 0.15) is 5.75 Å². The molecule has 4 aromatic rings. The Labute approximate surface area is 162 Å². The molecule has 0 aliphatic heterocycles. The summed E-state index contributed by atoms with van der Waals surface area (Å²) in [4.78, 5) is 24.4. The van der Waals surface area contributed by atoms with Crippen molar-refractivity contribution in [3.8, 4) is 16.9 Å². The summed E-state index contributed by atoms with van der Waals surface area (Å²) in [6.07, 6.45) is 2.49. The number of aromatic amines is 1. The Morgan fingerprint density at radius 1 is 1.00 bits per heavy atom. The Kier molecular flexibility index (Phi) is 5.01. The van der Waals surface area contributed by atoms with E-state index in [2.05, 4.69) is 32.4 Å². The standard InChI is InChI=1S/C22H20N4O2/c1-28-18-10-6-5-9-16(18)17-12-14-23-20-19(17)21(27)26-22(25-20)24-13-11-15-7-3-2-4-8-15/h2-10,12,14H,11,13H2,1H3,(H2,23,24,25,26,27). The normalized spacial score (nSPS) is 10.8. The Morgan fingerprint density at radius 3 is 2.61 bits per heavy atom. The molecule has 0 amide bonds. The first-order valence-corrected chi connectivity index (χ1v) is 9.06. The Hall–Kier alpha value is -3.67. The van der Waals surface area contributed by atoms with E-state index in [1.165, 1.54) is 5.56 Å². The van der Waals surface area contributed by atoms with Crippen LogP contribution < -0.4 is 15.6 Å². The van der Waals surface area contributed by atoms with E-state index in [9.17, 15) is 4.79 Å². The van der Waals surface area contributed by atoms with Gasteiger partial charge in [-0.15, -0.1) is 0 Å². The molecule has 0 fully saturated rings. The molecule has 2 N–H and O–H groups in total. The minimum atomic E-state index is -0.235. The second kappa shape index (κ2) is 7.92. The summed E-state index contributed by atoms with van der Waals surface area (Å²) in [5, 5.41) is 3.62. The predicted octanol–water partition coefficient (Wildman–Crippen LogP) is 3.65. The van der Waals surface area contributed by atoms with Crippen molar-refractivity contribution in [1.29, 1.82) is 0 Å². The molecule has 0 aliphatic carbocycles. The number of hydrogen-bond donors (Lipinski definition) is 2. The molecule has 0 bridgehead atoms. The molecule has 2 aromatic heterocycles. The molecule has 0 aliphatic rings. The van der Waals surface area contributed by atoms with E-state index in [1.807, 2.05) is 42.5 Å². The fraction of sp³-hybridized carbons (Fsp3) is 0.136. The number of fused-ring (bicyclic) bond motifs is 1. The molecule has 6 heteroatoms. The van der Waals surface area contributed by atoms with Crippen LogP contribution in [0.2, 0.25) is 0 Å². The lowest BCUT2D eigenvalue weighted by Crippen LogP contribution is -2.16. The van der Waals surface area contributed by atoms with Gasteiger partial charge >= 0.3 is 0 Å². The van der Waals surface area contributed by atoms with Gasteiger partial charge in [-0.05, 0) is 24.1 Å². The van der Waals surface area contributed by atoms with Gasteiger partial charge in [0, 0.05) is 23.9 Å². The van der Waals surface area contributed by atoms with Crippen molar-refractivity contribution in [3.63, 3.8) is 0 Å². The van der Waals surface area contributed by atoms with E-state index in [0.29, 0.717) is 29.3 Å². The maximum absolute atomic E-state index is 12.8. The number of benzene rings is 2. The van der Waals surface area contributed by atoms with Gasteiger partial charge in [-0.3, -0.25) is 9.78 Å². The molecule has 28 heavy (non-hydrogen) atoms. The van der Waals surface area contributed by atoms with Crippen molar-refractivity contribution in [2.45, 2.75) is 6.42 Å². The molecular formula is C22H20N4O2. The van der Waals surface area contributed by atoms with Gasteiger partial charge in [-0.2, -0.15) is 4.98 Å². The number of methoxy groups -OCH3 is 1. The summed E-state index contributed by atoms with van der Waals surface area (Å²) in [5.74, 6) is 1.11. The number of rotatable bonds is 6. The quantitative estimate of drug-likeness (QED) is 0.540. The van der Waals surface area contributed by atoms with E-state index in [4.69, 9.17) is 4.74 Å². The topological polar surface area (TPSA) is 79.9 Å². The van der Waals surface area contributed by atoms with Crippen LogP contribution in [0, 0.1) is 0 Å². The summed E-state index contributed by atoms with van der Waals surface area (Å²) in [6, 6.07) is 19.5. The molecule has 2 heterocycles. The summed E-state index contributed by atoms with van der Waals surface area (Å²) in [6.45, 7) is 0.657. The number of ether oxygens (including phenoxy) is 1. The Balaban J connectivity index is 1.66. The fourth-order valence-corrected chi connectivity index (χ4v) is 3.21. The molecule has 6 nitrogen and oxygen atoms in total. The fourth-order valence-electron chi connectivity index (χ4n) is 3.21. The number of aromatic nitrogens is 3. The molecular weight excluding hydrogens is 352 g/mol. The minimum Gasteiger partial charge on any atom is -0.496 e. The van der Waals surface area contributed by atoms with Crippen molar-refractivity contribution in [2.24, 2.45) is 0 Å². The zero-order chi connectivity index (χ0) is 19.3. The van der Waals surface area contributed by atoms with Gasteiger partial charge in [0.25, 0.3) is 5.56 Å². The Morgan fingerprint density at radius 2 is 1.79 bits per heavy atom. The monoisotopic (exact) mass is 372 g/mol. The zero-order valence-corrected chi connectivity index (χ0v) is 15.5. The van der Waals surface area contributed by atoms with E-state index >= 15 is 0 Å². The smallest absolute Gasteiger partial charge is 0.262 e. The average molecular weight is 372 g/mol. The SMILES string of the molecule is COc1ccccc1-c1ccnc2nc(NCCc3ccccc3)[nH]c(=O)c12. The molecule has 0 spiro atoms. The highest BCUT2D eigenvalue weighted by molar-refractivity contribution is 5.93. The molecule has 0 radical (unpaired) electrons. The second-order valence-corrected chi connectivity index (χ2v) is 6.33. The van der Waals surface area contributed by atoms with Crippen molar-refractivity contribution in [3.05, 3.63) is 82.8 Å². The van der Waals surface area contributed by atoms with Crippen molar-refractivity contribution >= 4 is 17.0 Å². The molecule has 2 aromatic carbocycles. The molecule has 0 atom stereocenters. The number of hydrogen-bond acceptors (Lipinski definition) is 5. The first-order chi connectivity index (χ1) is 13.8. The first-order valence-electron chi connectivity index (χ1n) is 9.06. The van der Waals surface area contributed by atoms with Gasteiger partial charge in [0.2, 0.25) is 5.95 Å². The number of anilines is 1. The lowest BCUT2D eigenvalue weighted by Gasteiger charge is -2.11. The summed E-state index contributed by atoms with van der Waals surface area (Å²) in [7, 11) is 1.61. The summed E-state index contributed by atoms with van der Waals surface area (Å²) >= 11 is 0. The van der Waals surface area contributed by atoms with Crippen LogP contribution in [0.5, 0.6) is 5.75 Å². The largest absolute Gasteiger partial charge is 0.496 e. The maximum atomic E-state index is 12.8. The molecule has 0 saturated heterocycles. The lowest BCUT2D eigenvalue weighted by molar-refractivity contribution is 0.416. The molecule has 4 rings (SSSR count). The van der Waals surface area contributed by atoms with Crippen LogP contribution in [0.4, 0.5) is 5.95 Å². The Bertz CT molecular complexity index is 1160. The van der Waals surface area contributed by atoms with Crippen LogP contribution in [0.1, 0.15) is 5.56 Å². The minimum absolute atomic E-state index is 0.235. The molecule has 0 saturated carbocycles. The van der Waals surface area contributed by atoms with Crippen LogP contribution >= 0.6 is 0 Å². The number of pyridine rings is 1. The van der Waals surface area contributed by atoms with Crippen molar-refractivity contribution in [2.75, 3.05) is 19.0 Å². The third kappa shape index (κ3) is 3.57. The summed E-state index contributed by atoms with van der Waals surface area (Å²) < 4.78 is 5.44. The van der Waals surface area contributed by atoms with Gasteiger partial charge in [-0.25, -0.2) is 4.98 Å². The van der Waals surface area contributed by atoms with Gasteiger partial charge in [-0.1, -0.05) is 48.5 Å². The highest BCUT2D eigenvalue weighted by Crippen LogP contribution is 2.32. The first kappa shape index (κ1) is 17.7. The van der Waals surface area contributed by atoms with E-state index < -0.39 is 0 Å². The zero-order valence-electron chi connectivity index (χ0n) is 15.5. The lowest BCUT2D eigenvalue weighted by atomic mass is 10.0. The third-order valence-electron chi connectivity index (χ3n) is 4.55. The van der Waals surface area contributed by atoms with Gasteiger partial charge < -0.3 is 10.1 Å². The van der Waals surface area contributed by atoms with E-state index in [1.54, 1.807) is 19.4 Å². The van der Waals surface area contributed by atoms with Crippen LogP contribution in [0.15, 0.2) is 71.7 Å². The van der Waals surface area contributed by atoms with Crippen LogP contribution in [0.25, 0.3) is 22.2 Å². The van der Waals surface area contributed by atoms with Gasteiger partial charge in [0.15, 0.2) is 5.65 Å². The second-order valence-electron chi connectivity index (χ2n) is 6.33. The van der Waals surface area contributed by atoms with Crippen LogP contribution in [0.3, 0.4) is 0 Å². The van der Waals surface area contributed by atoms with Crippen molar-refractivity contribution in [1.82, 2.24) is 15.0 Å². The third-order valence-corrected chi connectivity index (χ3v) is 4.55. The van der Waals surface area contributed by atoms with E-state index in [0.717, 1.165) is 17.5 Å².